The number of aliphatic imine (C=N–C) groups is 2. The second-order valence-electron chi connectivity index (χ2n) is 7.00. The molecule has 0 N–H and O–H groups in total. The SMILES string of the molecule is O=C(N=C(C(=NC(=O)c1ccccc1)c1ccccc1)c1ccccc1)c1ccccc1. The summed E-state index contributed by atoms with van der Waals surface area (Å²) < 4.78 is 0. The van der Waals surface area contributed by atoms with Crippen LogP contribution in [0.25, 0.3) is 0 Å². The lowest BCUT2D eigenvalue weighted by atomic mass is 9.99. The molecule has 0 aliphatic carbocycles. The first-order valence-corrected chi connectivity index (χ1v) is 10.2. The van der Waals surface area contributed by atoms with E-state index < -0.39 is 11.8 Å². The van der Waals surface area contributed by atoms with Crippen molar-refractivity contribution < 1.29 is 9.59 Å². The zero-order valence-corrected chi connectivity index (χ0v) is 17.3. The first-order valence-electron chi connectivity index (χ1n) is 10.2. The lowest BCUT2D eigenvalue weighted by molar-refractivity contribution is 0.0993. The van der Waals surface area contributed by atoms with Crippen LogP contribution in [-0.2, 0) is 0 Å². The quantitative estimate of drug-likeness (QED) is 0.395. The van der Waals surface area contributed by atoms with Crippen molar-refractivity contribution in [3.05, 3.63) is 144 Å². The number of hydrogen-bond acceptors (Lipinski definition) is 2. The van der Waals surface area contributed by atoms with Crippen molar-refractivity contribution in [1.29, 1.82) is 0 Å². The van der Waals surface area contributed by atoms with Gasteiger partial charge < -0.3 is 0 Å². The van der Waals surface area contributed by atoms with Crippen molar-refractivity contribution >= 4 is 23.2 Å². The van der Waals surface area contributed by atoms with Crippen molar-refractivity contribution in [1.82, 2.24) is 0 Å². The molecule has 0 unspecified atom stereocenters. The third kappa shape index (κ3) is 4.99. The van der Waals surface area contributed by atoms with E-state index in [4.69, 9.17) is 0 Å². The number of amides is 2. The van der Waals surface area contributed by atoms with Crippen LogP contribution in [-0.4, -0.2) is 23.2 Å². The van der Waals surface area contributed by atoms with E-state index in [1.54, 1.807) is 48.5 Å². The van der Waals surface area contributed by atoms with Gasteiger partial charge in [0.05, 0.1) is 0 Å². The average molecular weight is 416 g/mol. The summed E-state index contributed by atoms with van der Waals surface area (Å²) in [6.07, 6.45) is 0. The van der Waals surface area contributed by atoms with Crippen LogP contribution in [0, 0.1) is 0 Å². The fourth-order valence-electron chi connectivity index (χ4n) is 3.19. The van der Waals surface area contributed by atoms with E-state index in [0.29, 0.717) is 33.7 Å². The molecule has 32 heavy (non-hydrogen) atoms. The van der Waals surface area contributed by atoms with Gasteiger partial charge >= 0.3 is 0 Å². The minimum Gasteiger partial charge on any atom is -0.267 e. The third-order valence-corrected chi connectivity index (χ3v) is 4.79. The summed E-state index contributed by atoms with van der Waals surface area (Å²) in [4.78, 5) is 34.9. The molecule has 0 saturated carbocycles. The van der Waals surface area contributed by atoms with E-state index in [2.05, 4.69) is 9.98 Å². The Balaban J connectivity index is 1.89. The molecule has 0 aromatic heterocycles. The maximum absolute atomic E-state index is 13.0. The molecule has 4 aromatic rings. The van der Waals surface area contributed by atoms with Crippen molar-refractivity contribution in [2.24, 2.45) is 9.98 Å². The topological polar surface area (TPSA) is 58.9 Å². The van der Waals surface area contributed by atoms with Crippen LogP contribution in [0.4, 0.5) is 0 Å². The Morgan fingerprint density at radius 1 is 0.375 bits per heavy atom. The molecule has 0 atom stereocenters. The average Bonchev–Trinajstić information content (AvgIpc) is 2.88. The van der Waals surface area contributed by atoms with Gasteiger partial charge in [0.2, 0.25) is 0 Å². The summed E-state index contributed by atoms with van der Waals surface area (Å²) in [5.41, 5.74) is 3.00. The van der Waals surface area contributed by atoms with Gasteiger partial charge in [0.25, 0.3) is 11.8 Å². The molecule has 4 aromatic carbocycles. The van der Waals surface area contributed by atoms with Gasteiger partial charge in [-0.2, -0.15) is 0 Å². The van der Waals surface area contributed by atoms with Crippen LogP contribution in [0.1, 0.15) is 31.8 Å². The third-order valence-electron chi connectivity index (χ3n) is 4.79. The number of carbonyl (C=O) groups excluding carboxylic acids is 2. The summed E-state index contributed by atoms with van der Waals surface area (Å²) in [6.45, 7) is 0. The van der Waals surface area contributed by atoms with Crippen LogP contribution in [0.2, 0.25) is 0 Å². The van der Waals surface area contributed by atoms with E-state index in [1.165, 1.54) is 0 Å². The summed E-state index contributed by atoms with van der Waals surface area (Å²) in [5, 5.41) is 0. The second kappa shape index (κ2) is 10.0. The van der Waals surface area contributed by atoms with Crippen molar-refractivity contribution in [3.63, 3.8) is 0 Å². The molecule has 0 radical (unpaired) electrons. The molecule has 0 aliphatic heterocycles. The molecule has 4 rings (SSSR count). The Morgan fingerprint density at radius 2 is 0.625 bits per heavy atom. The molecular formula is C28H20N2O2. The van der Waals surface area contributed by atoms with Gasteiger partial charge in [0, 0.05) is 22.3 Å². The van der Waals surface area contributed by atoms with Crippen LogP contribution in [0.15, 0.2) is 131 Å². The summed E-state index contributed by atoms with van der Waals surface area (Å²) >= 11 is 0. The lowest BCUT2D eigenvalue weighted by Gasteiger charge is -2.11. The number of hydrogen-bond donors (Lipinski definition) is 0. The fourth-order valence-corrected chi connectivity index (χ4v) is 3.19. The van der Waals surface area contributed by atoms with Crippen molar-refractivity contribution in [3.8, 4) is 0 Å². The van der Waals surface area contributed by atoms with Crippen LogP contribution in [0.5, 0.6) is 0 Å². The molecule has 2 amide bonds. The highest BCUT2D eigenvalue weighted by Gasteiger charge is 2.19. The molecule has 0 heterocycles. The largest absolute Gasteiger partial charge is 0.277 e. The van der Waals surface area contributed by atoms with Gasteiger partial charge in [0.15, 0.2) is 0 Å². The fraction of sp³-hybridized carbons (Fsp3) is 0. The highest BCUT2D eigenvalue weighted by atomic mass is 16.2. The van der Waals surface area contributed by atoms with Crippen LogP contribution >= 0.6 is 0 Å². The molecule has 0 fully saturated rings. The minimum atomic E-state index is -0.403. The lowest BCUT2D eigenvalue weighted by Crippen LogP contribution is -2.21. The summed E-state index contributed by atoms with van der Waals surface area (Å²) in [6, 6.07) is 36.3. The molecular weight excluding hydrogens is 396 g/mol. The van der Waals surface area contributed by atoms with E-state index in [-0.39, 0.29) is 0 Å². The maximum atomic E-state index is 13.0. The standard InChI is InChI=1S/C28H20N2O2/c31-27(23-17-9-3-10-18-23)29-25(21-13-5-1-6-14-21)26(22-15-7-2-8-16-22)30-28(32)24-19-11-4-12-20-24/h1-20H. The molecule has 0 bridgehead atoms. The van der Waals surface area contributed by atoms with Gasteiger partial charge in [-0.05, 0) is 24.3 Å². The first-order chi connectivity index (χ1) is 15.7. The van der Waals surface area contributed by atoms with Crippen LogP contribution < -0.4 is 0 Å². The Labute approximate surface area is 186 Å². The summed E-state index contributed by atoms with van der Waals surface area (Å²) in [5.74, 6) is -0.805. The number of rotatable bonds is 5. The molecule has 4 nitrogen and oxygen atoms in total. The Hall–Kier alpha value is -4.44. The maximum Gasteiger partial charge on any atom is 0.277 e. The van der Waals surface area contributed by atoms with Crippen molar-refractivity contribution in [2.75, 3.05) is 0 Å². The highest BCUT2D eigenvalue weighted by Crippen LogP contribution is 2.14. The molecule has 0 spiro atoms. The van der Waals surface area contributed by atoms with Gasteiger partial charge in [-0.1, -0.05) is 97.1 Å². The smallest absolute Gasteiger partial charge is 0.267 e. The van der Waals surface area contributed by atoms with E-state index in [9.17, 15) is 9.59 Å². The highest BCUT2D eigenvalue weighted by molar-refractivity contribution is 6.55. The molecule has 0 aliphatic rings. The summed E-state index contributed by atoms with van der Waals surface area (Å²) in [7, 11) is 0. The van der Waals surface area contributed by atoms with Gasteiger partial charge in [-0.15, -0.1) is 0 Å². The Bertz CT molecular complexity index is 1160. The van der Waals surface area contributed by atoms with Crippen LogP contribution in [0.3, 0.4) is 0 Å². The zero-order valence-electron chi connectivity index (χ0n) is 17.3. The Kier molecular flexibility index (Phi) is 6.54. The number of carbonyl (C=O) groups is 2. The van der Waals surface area contributed by atoms with E-state index in [0.717, 1.165) is 0 Å². The Morgan fingerprint density at radius 3 is 0.906 bits per heavy atom. The minimum absolute atomic E-state index is 0.343. The van der Waals surface area contributed by atoms with E-state index in [1.807, 2.05) is 72.8 Å². The number of nitrogens with zero attached hydrogens (tertiary/aromatic N) is 2. The monoisotopic (exact) mass is 416 g/mol. The first kappa shape index (κ1) is 20.8. The normalized spacial score (nSPS) is 11.8. The zero-order chi connectivity index (χ0) is 22.2. The van der Waals surface area contributed by atoms with Gasteiger partial charge in [-0.25, -0.2) is 9.98 Å². The van der Waals surface area contributed by atoms with E-state index >= 15 is 0 Å². The van der Waals surface area contributed by atoms with Gasteiger partial charge in [0.1, 0.15) is 11.4 Å². The predicted octanol–water partition coefficient (Wildman–Crippen LogP) is 5.65. The second-order valence-corrected chi connectivity index (χ2v) is 7.00. The number of benzene rings is 4. The van der Waals surface area contributed by atoms with Gasteiger partial charge in [-0.3, -0.25) is 9.59 Å². The molecule has 4 heteroatoms. The molecule has 154 valence electrons. The predicted molar refractivity (Wildman–Crippen MR) is 128 cm³/mol. The molecule has 0 saturated heterocycles. The van der Waals surface area contributed by atoms with Crippen molar-refractivity contribution in [2.45, 2.75) is 0 Å².